The van der Waals surface area contributed by atoms with Gasteiger partial charge in [0.05, 0.1) is 31.5 Å². The molecule has 1 amide bonds. The number of unbranched alkanes of at least 4 members (excludes halogenated alkanes) is 3. The fraction of sp³-hybridized carbons (Fsp3) is 0.867. The molecule has 1 heterocycles. The van der Waals surface area contributed by atoms with Crippen LogP contribution in [0.1, 0.15) is 58.8 Å². The van der Waals surface area contributed by atoms with Crippen LogP contribution >= 0.6 is 0 Å². The SMILES string of the molecule is CCCCCC[C@@H]1N(C(=O)OCC)[C@@]1(CCC(=O)OC)[N+](=O)[O-]. The zero-order valence-electron chi connectivity index (χ0n) is 14.1. The van der Waals surface area contributed by atoms with Crippen LogP contribution in [0, 0.1) is 10.1 Å². The summed E-state index contributed by atoms with van der Waals surface area (Å²) in [6, 6.07) is -0.516. The summed E-state index contributed by atoms with van der Waals surface area (Å²) in [6.07, 6.45) is 3.60. The van der Waals surface area contributed by atoms with Crippen LogP contribution in [-0.4, -0.2) is 47.3 Å². The summed E-state index contributed by atoms with van der Waals surface area (Å²) < 4.78 is 9.48. The monoisotopic (exact) mass is 330 g/mol. The van der Waals surface area contributed by atoms with Gasteiger partial charge in [0.1, 0.15) is 6.04 Å². The van der Waals surface area contributed by atoms with Crippen LogP contribution < -0.4 is 0 Å². The van der Waals surface area contributed by atoms with Gasteiger partial charge >= 0.3 is 17.7 Å². The van der Waals surface area contributed by atoms with Gasteiger partial charge in [-0.1, -0.05) is 32.6 Å². The lowest BCUT2D eigenvalue weighted by molar-refractivity contribution is -0.551. The average molecular weight is 330 g/mol. The molecule has 0 N–H and O–H groups in total. The zero-order chi connectivity index (χ0) is 17.5. The molecular formula is C15H26N2O6. The summed E-state index contributed by atoms with van der Waals surface area (Å²) in [7, 11) is 1.24. The van der Waals surface area contributed by atoms with Crippen LogP contribution in [0.4, 0.5) is 4.79 Å². The highest BCUT2D eigenvalue weighted by atomic mass is 16.6. The number of carbonyl (C=O) groups is 2. The van der Waals surface area contributed by atoms with E-state index in [0.29, 0.717) is 6.42 Å². The van der Waals surface area contributed by atoms with E-state index >= 15 is 0 Å². The van der Waals surface area contributed by atoms with Crippen LogP contribution in [0.5, 0.6) is 0 Å². The maximum absolute atomic E-state index is 12.0. The van der Waals surface area contributed by atoms with Crippen molar-refractivity contribution in [1.82, 2.24) is 4.90 Å². The Morgan fingerprint density at radius 2 is 1.96 bits per heavy atom. The first kappa shape index (κ1) is 19.2. The lowest BCUT2D eigenvalue weighted by Gasteiger charge is -2.09. The van der Waals surface area contributed by atoms with Crippen molar-refractivity contribution in [2.75, 3.05) is 13.7 Å². The Balaban J connectivity index is 2.81. The largest absolute Gasteiger partial charge is 0.469 e. The van der Waals surface area contributed by atoms with Gasteiger partial charge in [-0.15, -0.1) is 0 Å². The Labute approximate surface area is 136 Å². The highest BCUT2D eigenvalue weighted by Gasteiger charge is 2.76. The second kappa shape index (κ2) is 8.69. The molecule has 2 atom stereocenters. The van der Waals surface area contributed by atoms with Gasteiger partial charge in [0.2, 0.25) is 0 Å². The van der Waals surface area contributed by atoms with E-state index in [1.165, 1.54) is 12.0 Å². The molecule has 1 aliphatic rings. The summed E-state index contributed by atoms with van der Waals surface area (Å²) in [4.78, 5) is 35.7. The first-order chi connectivity index (χ1) is 10.9. The van der Waals surface area contributed by atoms with E-state index in [2.05, 4.69) is 11.7 Å². The Morgan fingerprint density at radius 3 is 2.48 bits per heavy atom. The molecule has 0 aliphatic carbocycles. The molecule has 1 fully saturated rings. The molecular weight excluding hydrogens is 304 g/mol. The van der Waals surface area contributed by atoms with Crippen LogP contribution in [0.15, 0.2) is 0 Å². The molecule has 0 spiro atoms. The fourth-order valence-electron chi connectivity index (χ4n) is 2.96. The molecule has 23 heavy (non-hydrogen) atoms. The first-order valence-corrected chi connectivity index (χ1v) is 8.13. The second-order valence-electron chi connectivity index (χ2n) is 5.65. The highest BCUT2D eigenvalue weighted by Crippen LogP contribution is 2.48. The highest BCUT2D eigenvalue weighted by molar-refractivity contribution is 5.74. The third-order valence-corrected chi connectivity index (χ3v) is 4.23. The molecule has 0 aromatic rings. The van der Waals surface area contributed by atoms with Crippen LogP contribution in [0.25, 0.3) is 0 Å². The molecule has 0 bridgehead atoms. The second-order valence-corrected chi connectivity index (χ2v) is 5.65. The molecule has 1 saturated heterocycles. The van der Waals surface area contributed by atoms with Gasteiger partial charge in [0.15, 0.2) is 0 Å². The maximum atomic E-state index is 12.0. The van der Waals surface area contributed by atoms with Gasteiger partial charge in [-0.05, 0) is 13.3 Å². The molecule has 132 valence electrons. The van der Waals surface area contributed by atoms with Crippen molar-refractivity contribution >= 4 is 12.1 Å². The number of carbonyl (C=O) groups excluding carboxylic acids is 2. The standard InChI is InChI=1S/C15H26N2O6/c1-4-6-7-8-9-12-15(17(20)21,11-10-13(18)22-3)16(12)14(19)23-5-2/h12H,4-11H2,1-3H3/t12-,15-,16?/m0/s1. The minimum absolute atomic E-state index is 0.0517. The van der Waals surface area contributed by atoms with Crippen molar-refractivity contribution < 1.29 is 24.0 Å². The van der Waals surface area contributed by atoms with E-state index in [1.54, 1.807) is 6.92 Å². The number of hydrogen-bond donors (Lipinski definition) is 0. The molecule has 0 aromatic carbocycles. The summed E-state index contributed by atoms with van der Waals surface area (Å²) in [6.45, 7) is 3.89. The summed E-state index contributed by atoms with van der Waals surface area (Å²) in [5.74, 6) is -0.522. The van der Waals surface area contributed by atoms with E-state index in [4.69, 9.17) is 4.74 Å². The smallest absolute Gasteiger partial charge is 0.415 e. The number of nitrogens with zero attached hydrogens (tertiary/aromatic N) is 2. The van der Waals surface area contributed by atoms with Crippen LogP contribution in [0.2, 0.25) is 0 Å². The molecule has 8 nitrogen and oxygen atoms in total. The van der Waals surface area contributed by atoms with Crippen molar-refractivity contribution in [2.45, 2.75) is 70.5 Å². The van der Waals surface area contributed by atoms with Gasteiger partial charge in [0.25, 0.3) is 0 Å². The maximum Gasteiger partial charge on any atom is 0.415 e. The number of methoxy groups -OCH3 is 1. The number of amides is 1. The molecule has 0 radical (unpaired) electrons. The molecule has 0 saturated carbocycles. The average Bonchev–Trinajstić information content (AvgIpc) is 3.18. The topological polar surface area (TPSA) is 98.8 Å². The number of rotatable bonds is 10. The predicted molar refractivity (Wildman–Crippen MR) is 82.4 cm³/mol. The first-order valence-electron chi connectivity index (χ1n) is 8.13. The molecule has 0 aromatic heterocycles. The van der Waals surface area contributed by atoms with E-state index in [-0.39, 0.29) is 19.4 Å². The Bertz CT molecular complexity index is 442. The minimum atomic E-state index is -1.54. The van der Waals surface area contributed by atoms with E-state index in [0.717, 1.165) is 25.7 Å². The Morgan fingerprint density at radius 1 is 1.26 bits per heavy atom. The Hall–Kier alpha value is -1.86. The molecule has 1 rings (SSSR count). The van der Waals surface area contributed by atoms with Gasteiger partial charge in [-0.3, -0.25) is 14.9 Å². The predicted octanol–water partition coefficient (Wildman–Crippen LogP) is 2.72. The summed E-state index contributed by atoms with van der Waals surface area (Å²) >= 11 is 0. The van der Waals surface area contributed by atoms with Gasteiger partial charge in [-0.25, -0.2) is 9.69 Å². The van der Waals surface area contributed by atoms with E-state index in [9.17, 15) is 19.7 Å². The number of ether oxygens (including phenoxy) is 2. The number of hydrogen-bond acceptors (Lipinski definition) is 6. The van der Waals surface area contributed by atoms with Crippen molar-refractivity contribution in [2.24, 2.45) is 0 Å². The van der Waals surface area contributed by atoms with Gasteiger partial charge in [-0.2, -0.15) is 0 Å². The summed E-state index contributed by atoms with van der Waals surface area (Å²) in [5.41, 5.74) is -1.54. The summed E-state index contributed by atoms with van der Waals surface area (Å²) in [5, 5.41) is 11.6. The minimum Gasteiger partial charge on any atom is -0.469 e. The third kappa shape index (κ3) is 4.33. The fourth-order valence-corrected chi connectivity index (χ4v) is 2.96. The normalized spacial score (nSPS) is 22.6. The van der Waals surface area contributed by atoms with Crippen molar-refractivity contribution in [3.05, 3.63) is 10.1 Å². The number of esters is 1. The number of nitro groups is 1. The van der Waals surface area contributed by atoms with E-state index < -0.39 is 28.7 Å². The van der Waals surface area contributed by atoms with Crippen LogP contribution in [-0.2, 0) is 14.3 Å². The van der Waals surface area contributed by atoms with Crippen molar-refractivity contribution in [1.29, 1.82) is 0 Å². The lowest BCUT2D eigenvalue weighted by Crippen LogP contribution is -2.33. The molecule has 0 unspecified atom stereocenters. The van der Waals surface area contributed by atoms with Crippen molar-refractivity contribution in [3.63, 3.8) is 0 Å². The third-order valence-electron chi connectivity index (χ3n) is 4.23. The zero-order valence-corrected chi connectivity index (χ0v) is 14.1. The van der Waals surface area contributed by atoms with Gasteiger partial charge in [0, 0.05) is 0 Å². The van der Waals surface area contributed by atoms with Gasteiger partial charge < -0.3 is 9.47 Å². The lowest BCUT2D eigenvalue weighted by atomic mass is 10.0. The van der Waals surface area contributed by atoms with Crippen molar-refractivity contribution in [3.8, 4) is 0 Å². The molecule has 8 heteroatoms. The Kier molecular flexibility index (Phi) is 7.25. The molecule has 1 aliphatic heterocycles. The quantitative estimate of drug-likeness (QED) is 0.201. The van der Waals surface area contributed by atoms with Crippen LogP contribution in [0.3, 0.4) is 0 Å². The van der Waals surface area contributed by atoms with E-state index in [1.807, 2.05) is 0 Å².